The molecule has 2 aromatic rings. The summed E-state index contributed by atoms with van der Waals surface area (Å²) in [7, 11) is 0. The SMILES string of the molecule is O=C(NCc1ccncc1)c1cncc(NC2CCCC2)c1. The number of carbonyl (C=O) groups is 1. The monoisotopic (exact) mass is 296 g/mol. The fourth-order valence-corrected chi connectivity index (χ4v) is 2.73. The molecule has 1 amide bonds. The molecule has 2 heterocycles. The van der Waals surface area contributed by atoms with Crippen molar-refractivity contribution in [3.63, 3.8) is 0 Å². The lowest BCUT2D eigenvalue weighted by molar-refractivity contribution is 0.0950. The highest BCUT2D eigenvalue weighted by molar-refractivity contribution is 5.94. The van der Waals surface area contributed by atoms with Crippen molar-refractivity contribution >= 4 is 11.6 Å². The molecule has 1 aliphatic rings. The van der Waals surface area contributed by atoms with Gasteiger partial charge in [0, 0.05) is 37.4 Å². The maximum Gasteiger partial charge on any atom is 0.253 e. The Bertz CT molecular complexity index is 624. The van der Waals surface area contributed by atoms with E-state index in [9.17, 15) is 4.79 Å². The second kappa shape index (κ2) is 7.02. The molecule has 0 bridgehead atoms. The molecule has 3 rings (SSSR count). The van der Waals surface area contributed by atoms with E-state index < -0.39 is 0 Å². The van der Waals surface area contributed by atoms with Gasteiger partial charge in [0.25, 0.3) is 5.91 Å². The Balaban J connectivity index is 1.59. The molecule has 0 unspecified atom stereocenters. The van der Waals surface area contributed by atoms with Crippen molar-refractivity contribution in [1.82, 2.24) is 15.3 Å². The normalized spacial score (nSPS) is 14.7. The number of nitrogens with one attached hydrogen (secondary N) is 2. The predicted molar refractivity (Wildman–Crippen MR) is 85.5 cm³/mol. The second-order valence-corrected chi connectivity index (χ2v) is 5.63. The first-order chi connectivity index (χ1) is 10.8. The van der Waals surface area contributed by atoms with Gasteiger partial charge >= 0.3 is 0 Å². The van der Waals surface area contributed by atoms with Gasteiger partial charge in [0.05, 0.1) is 11.3 Å². The summed E-state index contributed by atoms with van der Waals surface area (Å²) in [6.45, 7) is 0.488. The van der Waals surface area contributed by atoms with Gasteiger partial charge in [0.15, 0.2) is 0 Å². The van der Waals surface area contributed by atoms with Gasteiger partial charge in [0.2, 0.25) is 0 Å². The lowest BCUT2D eigenvalue weighted by atomic mass is 10.2. The summed E-state index contributed by atoms with van der Waals surface area (Å²) in [6.07, 6.45) is 11.7. The Morgan fingerprint density at radius 3 is 2.68 bits per heavy atom. The highest BCUT2D eigenvalue weighted by Crippen LogP contribution is 2.22. The Morgan fingerprint density at radius 1 is 1.14 bits per heavy atom. The van der Waals surface area contributed by atoms with Crippen molar-refractivity contribution in [2.45, 2.75) is 38.3 Å². The van der Waals surface area contributed by atoms with E-state index in [4.69, 9.17) is 0 Å². The lowest BCUT2D eigenvalue weighted by Gasteiger charge is -2.13. The highest BCUT2D eigenvalue weighted by atomic mass is 16.1. The number of hydrogen-bond acceptors (Lipinski definition) is 4. The number of pyridine rings is 2. The third-order valence-corrected chi connectivity index (χ3v) is 3.93. The smallest absolute Gasteiger partial charge is 0.253 e. The first-order valence-corrected chi connectivity index (χ1v) is 7.70. The molecule has 1 saturated carbocycles. The summed E-state index contributed by atoms with van der Waals surface area (Å²) in [6, 6.07) is 6.15. The van der Waals surface area contributed by atoms with Gasteiger partial charge in [-0.3, -0.25) is 14.8 Å². The minimum absolute atomic E-state index is 0.112. The summed E-state index contributed by atoms with van der Waals surface area (Å²) < 4.78 is 0. The zero-order chi connectivity index (χ0) is 15.2. The van der Waals surface area contributed by atoms with E-state index in [2.05, 4.69) is 20.6 Å². The van der Waals surface area contributed by atoms with Crippen LogP contribution in [-0.2, 0) is 6.54 Å². The van der Waals surface area contributed by atoms with Crippen molar-refractivity contribution in [2.75, 3.05) is 5.32 Å². The van der Waals surface area contributed by atoms with Crippen LogP contribution in [0.15, 0.2) is 43.0 Å². The summed E-state index contributed by atoms with van der Waals surface area (Å²) in [4.78, 5) is 20.3. The first kappa shape index (κ1) is 14.5. The quantitative estimate of drug-likeness (QED) is 0.890. The number of carbonyl (C=O) groups excluding carboxylic acids is 1. The molecule has 2 N–H and O–H groups in total. The molecule has 114 valence electrons. The number of aromatic nitrogens is 2. The first-order valence-electron chi connectivity index (χ1n) is 7.70. The lowest BCUT2D eigenvalue weighted by Crippen LogP contribution is -2.23. The number of anilines is 1. The molecule has 0 aliphatic heterocycles. The topological polar surface area (TPSA) is 66.9 Å². The minimum atomic E-state index is -0.112. The molecule has 0 atom stereocenters. The van der Waals surface area contributed by atoms with Crippen molar-refractivity contribution in [3.05, 3.63) is 54.1 Å². The molecule has 1 fully saturated rings. The van der Waals surface area contributed by atoms with Gasteiger partial charge in [0.1, 0.15) is 0 Å². The van der Waals surface area contributed by atoms with Crippen LogP contribution in [0.5, 0.6) is 0 Å². The molecule has 2 aromatic heterocycles. The molecule has 0 spiro atoms. The molecule has 22 heavy (non-hydrogen) atoms. The summed E-state index contributed by atoms with van der Waals surface area (Å²) in [5.74, 6) is -0.112. The molecular formula is C17H20N4O. The molecule has 0 aromatic carbocycles. The molecule has 0 radical (unpaired) electrons. The fraction of sp³-hybridized carbons (Fsp3) is 0.353. The van der Waals surface area contributed by atoms with Crippen molar-refractivity contribution in [1.29, 1.82) is 0 Å². The standard InChI is InChI=1S/C17H20N4O/c22-17(20-10-13-5-7-18-8-6-13)14-9-16(12-19-11-14)21-15-3-1-2-4-15/h5-9,11-12,15,21H,1-4,10H2,(H,20,22). The van der Waals surface area contributed by atoms with Crippen LogP contribution in [0.1, 0.15) is 41.6 Å². The van der Waals surface area contributed by atoms with Crippen LogP contribution in [0, 0.1) is 0 Å². The zero-order valence-corrected chi connectivity index (χ0v) is 12.5. The fourth-order valence-electron chi connectivity index (χ4n) is 2.73. The van der Waals surface area contributed by atoms with E-state index in [1.54, 1.807) is 24.8 Å². The van der Waals surface area contributed by atoms with Crippen molar-refractivity contribution in [2.24, 2.45) is 0 Å². The third kappa shape index (κ3) is 3.81. The van der Waals surface area contributed by atoms with Crippen LogP contribution >= 0.6 is 0 Å². The Hall–Kier alpha value is -2.43. The Labute approximate surface area is 130 Å². The maximum absolute atomic E-state index is 12.2. The zero-order valence-electron chi connectivity index (χ0n) is 12.5. The third-order valence-electron chi connectivity index (χ3n) is 3.93. The van der Waals surface area contributed by atoms with Crippen LogP contribution in [0.25, 0.3) is 0 Å². The largest absolute Gasteiger partial charge is 0.381 e. The predicted octanol–water partition coefficient (Wildman–Crippen LogP) is 2.76. The van der Waals surface area contributed by atoms with Gasteiger partial charge < -0.3 is 10.6 Å². The average Bonchev–Trinajstić information content (AvgIpc) is 3.07. The van der Waals surface area contributed by atoms with Crippen LogP contribution in [-0.4, -0.2) is 21.9 Å². The average molecular weight is 296 g/mol. The molecular weight excluding hydrogens is 276 g/mol. The molecule has 0 saturated heterocycles. The highest BCUT2D eigenvalue weighted by Gasteiger charge is 2.15. The van der Waals surface area contributed by atoms with Gasteiger partial charge in [-0.05, 0) is 36.6 Å². The van der Waals surface area contributed by atoms with Gasteiger partial charge in [-0.2, -0.15) is 0 Å². The van der Waals surface area contributed by atoms with Crippen molar-refractivity contribution < 1.29 is 4.79 Å². The van der Waals surface area contributed by atoms with Crippen LogP contribution in [0.4, 0.5) is 5.69 Å². The summed E-state index contributed by atoms with van der Waals surface area (Å²) in [5, 5.41) is 6.36. The van der Waals surface area contributed by atoms with E-state index in [-0.39, 0.29) is 5.91 Å². The van der Waals surface area contributed by atoms with E-state index in [1.807, 2.05) is 18.2 Å². The second-order valence-electron chi connectivity index (χ2n) is 5.63. The molecule has 1 aliphatic carbocycles. The maximum atomic E-state index is 12.2. The summed E-state index contributed by atoms with van der Waals surface area (Å²) >= 11 is 0. The number of hydrogen-bond donors (Lipinski definition) is 2. The Morgan fingerprint density at radius 2 is 1.91 bits per heavy atom. The van der Waals surface area contributed by atoms with Gasteiger partial charge in [-0.1, -0.05) is 12.8 Å². The van der Waals surface area contributed by atoms with Crippen LogP contribution < -0.4 is 10.6 Å². The Kier molecular flexibility index (Phi) is 4.63. The minimum Gasteiger partial charge on any atom is -0.381 e. The number of amides is 1. The van der Waals surface area contributed by atoms with Gasteiger partial charge in [-0.25, -0.2) is 0 Å². The van der Waals surface area contributed by atoms with Gasteiger partial charge in [-0.15, -0.1) is 0 Å². The van der Waals surface area contributed by atoms with E-state index in [1.165, 1.54) is 25.7 Å². The van der Waals surface area contributed by atoms with E-state index in [0.29, 0.717) is 18.2 Å². The van der Waals surface area contributed by atoms with Crippen molar-refractivity contribution in [3.8, 4) is 0 Å². The number of rotatable bonds is 5. The van der Waals surface area contributed by atoms with E-state index >= 15 is 0 Å². The number of nitrogens with zero attached hydrogens (tertiary/aromatic N) is 2. The van der Waals surface area contributed by atoms with E-state index in [0.717, 1.165) is 11.3 Å². The van der Waals surface area contributed by atoms with Crippen LogP contribution in [0.2, 0.25) is 0 Å². The summed E-state index contributed by atoms with van der Waals surface area (Å²) in [5.41, 5.74) is 2.53. The molecule has 5 heteroatoms. The molecule has 5 nitrogen and oxygen atoms in total. The van der Waals surface area contributed by atoms with Crippen LogP contribution in [0.3, 0.4) is 0 Å².